The second-order valence-corrected chi connectivity index (χ2v) is 5.91. The first-order chi connectivity index (χ1) is 13.0. The number of anilines is 1. The van der Waals surface area contributed by atoms with Crippen LogP contribution in [0.1, 0.15) is 29.6 Å². The van der Waals surface area contributed by atoms with Crippen molar-refractivity contribution in [3.63, 3.8) is 0 Å². The van der Waals surface area contributed by atoms with Crippen LogP contribution in [0.4, 0.5) is 5.69 Å². The van der Waals surface area contributed by atoms with E-state index >= 15 is 0 Å². The van der Waals surface area contributed by atoms with E-state index in [9.17, 15) is 9.59 Å². The van der Waals surface area contributed by atoms with Crippen LogP contribution in [-0.2, 0) is 11.2 Å². The Morgan fingerprint density at radius 1 is 1.04 bits per heavy atom. The lowest BCUT2D eigenvalue weighted by Crippen LogP contribution is -2.12. The minimum absolute atomic E-state index is 0.0167. The summed E-state index contributed by atoms with van der Waals surface area (Å²) < 4.78 is 10.7. The highest BCUT2D eigenvalue weighted by molar-refractivity contribution is 5.95. The topological polar surface area (TPSA) is 94.3 Å². The molecular formula is C20H19N3O4. The predicted molar refractivity (Wildman–Crippen MR) is 99.7 cm³/mol. The van der Waals surface area contributed by atoms with Gasteiger partial charge in [0.05, 0.1) is 7.11 Å². The average molecular weight is 365 g/mol. The first kappa shape index (κ1) is 18.3. The molecule has 1 N–H and O–H groups in total. The number of ether oxygens (including phenoxy) is 1. The summed E-state index contributed by atoms with van der Waals surface area (Å²) in [6.07, 6.45) is 0.541. The largest absolute Gasteiger partial charge is 0.497 e. The third-order valence-corrected chi connectivity index (χ3v) is 3.94. The van der Waals surface area contributed by atoms with Crippen molar-refractivity contribution in [3.8, 4) is 17.2 Å². The van der Waals surface area contributed by atoms with Gasteiger partial charge in [-0.25, -0.2) is 0 Å². The van der Waals surface area contributed by atoms with Crippen LogP contribution in [0.3, 0.4) is 0 Å². The number of hydrogen-bond acceptors (Lipinski definition) is 6. The Labute approximate surface area is 156 Å². The van der Waals surface area contributed by atoms with Crippen molar-refractivity contribution >= 4 is 17.4 Å². The first-order valence-electron chi connectivity index (χ1n) is 8.43. The van der Waals surface area contributed by atoms with E-state index in [0.29, 0.717) is 29.5 Å². The summed E-state index contributed by atoms with van der Waals surface area (Å²) >= 11 is 0. The number of carbonyl (C=O) groups is 2. The maximum Gasteiger partial charge on any atom is 0.247 e. The van der Waals surface area contributed by atoms with Crippen LogP contribution in [0.15, 0.2) is 52.9 Å². The summed E-state index contributed by atoms with van der Waals surface area (Å²) in [6, 6.07) is 14.0. The lowest BCUT2D eigenvalue weighted by atomic mass is 10.1. The standard InChI is InChI=1S/C20H19N3O4/c1-13(24)14-3-7-16(8-4-14)21-18(25)11-12-19-22-23-20(27-19)15-5-9-17(26-2)10-6-15/h3-10H,11-12H2,1-2H3,(H,21,25). The third kappa shape index (κ3) is 4.78. The van der Waals surface area contributed by atoms with E-state index in [4.69, 9.17) is 9.15 Å². The van der Waals surface area contributed by atoms with Crippen molar-refractivity contribution < 1.29 is 18.7 Å². The second-order valence-electron chi connectivity index (χ2n) is 5.91. The highest BCUT2D eigenvalue weighted by atomic mass is 16.5. The summed E-state index contributed by atoms with van der Waals surface area (Å²) in [6.45, 7) is 1.50. The summed E-state index contributed by atoms with van der Waals surface area (Å²) in [5, 5.41) is 10.8. The lowest BCUT2D eigenvalue weighted by molar-refractivity contribution is -0.116. The zero-order valence-corrected chi connectivity index (χ0v) is 15.1. The highest BCUT2D eigenvalue weighted by Gasteiger charge is 2.11. The van der Waals surface area contributed by atoms with Crippen LogP contribution < -0.4 is 10.1 Å². The van der Waals surface area contributed by atoms with Crippen molar-refractivity contribution in [2.24, 2.45) is 0 Å². The number of aryl methyl sites for hydroxylation is 1. The molecule has 0 saturated heterocycles. The molecule has 1 heterocycles. The van der Waals surface area contributed by atoms with Gasteiger partial charge in [0.25, 0.3) is 0 Å². The Hall–Kier alpha value is -3.48. The van der Waals surface area contributed by atoms with Crippen molar-refractivity contribution in [2.45, 2.75) is 19.8 Å². The molecular weight excluding hydrogens is 346 g/mol. The molecule has 138 valence electrons. The summed E-state index contributed by atoms with van der Waals surface area (Å²) in [7, 11) is 1.60. The molecule has 7 heteroatoms. The molecule has 0 radical (unpaired) electrons. The second kappa shape index (κ2) is 8.27. The molecule has 7 nitrogen and oxygen atoms in total. The van der Waals surface area contributed by atoms with Gasteiger partial charge in [-0.05, 0) is 55.5 Å². The summed E-state index contributed by atoms with van der Waals surface area (Å²) in [4.78, 5) is 23.3. The molecule has 0 saturated carbocycles. The number of amides is 1. The van der Waals surface area contributed by atoms with Gasteiger partial charge in [0, 0.05) is 29.7 Å². The van der Waals surface area contributed by atoms with Crippen LogP contribution >= 0.6 is 0 Å². The van der Waals surface area contributed by atoms with Gasteiger partial charge in [-0.2, -0.15) is 0 Å². The van der Waals surface area contributed by atoms with Crippen molar-refractivity contribution in [1.29, 1.82) is 0 Å². The number of benzene rings is 2. The molecule has 0 unspecified atom stereocenters. The number of ketones is 1. The number of Topliss-reactive ketones (excluding diaryl/α,β-unsaturated/α-hetero) is 1. The monoisotopic (exact) mass is 365 g/mol. The molecule has 2 aromatic carbocycles. The highest BCUT2D eigenvalue weighted by Crippen LogP contribution is 2.21. The zero-order chi connectivity index (χ0) is 19.2. The molecule has 0 aliphatic heterocycles. The van der Waals surface area contributed by atoms with Crippen LogP contribution in [0, 0.1) is 0 Å². The summed E-state index contributed by atoms with van der Waals surface area (Å²) in [5.41, 5.74) is 2.02. The van der Waals surface area contributed by atoms with Crippen LogP contribution in [0.25, 0.3) is 11.5 Å². The number of rotatable bonds is 7. The molecule has 1 aromatic heterocycles. The van der Waals surface area contributed by atoms with Crippen molar-refractivity contribution in [2.75, 3.05) is 12.4 Å². The molecule has 1 amide bonds. The van der Waals surface area contributed by atoms with E-state index < -0.39 is 0 Å². The van der Waals surface area contributed by atoms with Crippen molar-refractivity contribution in [3.05, 3.63) is 60.0 Å². The number of nitrogens with zero attached hydrogens (tertiary/aromatic N) is 2. The number of nitrogens with one attached hydrogen (secondary N) is 1. The van der Waals surface area contributed by atoms with Gasteiger partial charge in [0.15, 0.2) is 5.78 Å². The van der Waals surface area contributed by atoms with Crippen LogP contribution in [0.2, 0.25) is 0 Å². The smallest absolute Gasteiger partial charge is 0.247 e. The van der Waals surface area contributed by atoms with Gasteiger partial charge in [-0.15, -0.1) is 10.2 Å². The summed E-state index contributed by atoms with van der Waals surface area (Å²) in [5.74, 6) is 1.34. The molecule has 0 spiro atoms. The quantitative estimate of drug-likeness (QED) is 0.644. The van der Waals surface area contributed by atoms with Gasteiger partial charge >= 0.3 is 0 Å². The Kier molecular flexibility index (Phi) is 5.61. The Balaban J connectivity index is 1.54. The molecule has 0 aliphatic rings. The van der Waals surface area contributed by atoms with Crippen LogP contribution in [-0.4, -0.2) is 29.0 Å². The fraction of sp³-hybridized carbons (Fsp3) is 0.200. The first-order valence-corrected chi connectivity index (χ1v) is 8.43. The molecule has 0 atom stereocenters. The van der Waals surface area contributed by atoms with Gasteiger partial charge < -0.3 is 14.5 Å². The maximum atomic E-state index is 12.1. The average Bonchev–Trinajstić information content (AvgIpc) is 3.16. The predicted octanol–water partition coefficient (Wildman–Crippen LogP) is 3.52. The number of carbonyl (C=O) groups excluding carboxylic acids is 2. The zero-order valence-electron chi connectivity index (χ0n) is 15.1. The normalized spacial score (nSPS) is 10.4. The van der Waals surface area contributed by atoms with E-state index in [1.54, 1.807) is 31.4 Å². The van der Waals surface area contributed by atoms with E-state index in [2.05, 4.69) is 15.5 Å². The Morgan fingerprint density at radius 3 is 2.37 bits per heavy atom. The van der Waals surface area contributed by atoms with Gasteiger partial charge in [0.1, 0.15) is 5.75 Å². The Morgan fingerprint density at radius 2 is 1.74 bits per heavy atom. The van der Waals surface area contributed by atoms with Gasteiger partial charge in [-0.3, -0.25) is 9.59 Å². The SMILES string of the molecule is COc1ccc(-c2nnc(CCC(=O)Nc3ccc(C(C)=O)cc3)o2)cc1. The fourth-order valence-corrected chi connectivity index (χ4v) is 2.44. The molecule has 0 bridgehead atoms. The molecule has 3 aromatic rings. The van der Waals surface area contributed by atoms with E-state index in [1.807, 2.05) is 24.3 Å². The third-order valence-electron chi connectivity index (χ3n) is 3.94. The lowest BCUT2D eigenvalue weighted by Gasteiger charge is -2.04. The van der Waals surface area contributed by atoms with Gasteiger partial charge in [0.2, 0.25) is 17.7 Å². The van der Waals surface area contributed by atoms with E-state index in [1.165, 1.54) is 6.92 Å². The fourth-order valence-electron chi connectivity index (χ4n) is 2.44. The van der Waals surface area contributed by atoms with Crippen molar-refractivity contribution in [1.82, 2.24) is 10.2 Å². The molecule has 27 heavy (non-hydrogen) atoms. The molecule has 3 rings (SSSR count). The maximum absolute atomic E-state index is 12.1. The Bertz CT molecular complexity index is 931. The minimum atomic E-state index is -0.172. The van der Waals surface area contributed by atoms with Crippen LogP contribution in [0.5, 0.6) is 5.75 Å². The molecule has 0 aliphatic carbocycles. The van der Waals surface area contributed by atoms with E-state index in [-0.39, 0.29) is 18.1 Å². The minimum Gasteiger partial charge on any atom is -0.497 e. The van der Waals surface area contributed by atoms with E-state index in [0.717, 1.165) is 11.3 Å². The van der Waals surface area contributed by atoms with Gasteiger partial charge in [-0.1, -0.05) is 0 Å². The number of aromatic nitrogens is 2. The molecule has 0 fully saturated rings. The number of methoxy groups -OCH3 is 1. The number of hydrogen-bond donors (Lipinski definition) is 1.